The molecule has 0 spiro atoms. The number of piperidine rings is 1. The van der Waals surface area contributed by atoms with Crippen molar-refractivity contribution < 1.29 is 26.4 Å². The maximum atomic E-state index is 13.1. The number of fused-ring (bicyclic) bond motifs is 1. The zero-order valence-corrected chi connectivity index (χ0v) is 20.5. The Morgan fingerprint density at radius 2 is 1.97 bits per heavy atom. The molecule has 11 heteroatoms. The number of carbonyl (C=O) groups excluding carboxylic acids is 1. The van der Waals surface area contributed by atoms with Gasteiger partial charge in [-0.25, -0.2) is 18.1 Å². The van der Waals surface area contributed by atoms with Gasteiger partial charge in [0.15, 0.2) is 0 Å². The van der Waals surface area contributed by atoms with Gasteiger partial charge in [0.1, 0.15) is 0 Å². The third-order valence-corrected chi connectivity index (χ3v) is 8.17. The van der Waals surface area contributed by atoms with Crippen LogP contribution in [0, 0.1) is 5.92 Å². The van der Waals surface area contributed by atoms with Gasteiger partial charge in [0.2, 0.25) is 15.9 Å². The zero-order valence-electron chi connectivity index (χ0n) is 19.7. The molecule has 1 saturated heterocycles. The first kappa shape index (κ1) is 25.9. The minimum Gasteiger partial charge on any atom is -0.342 e. The lowest BCUT2D eigenvalue weighted by atomic mass is 9.99. The van der Waals surface area contributed by atoms with Crippen LogP contribution < -0.4 is 5.43 Å². The first-order valence-corrected chi connectivity index (χ1v) is 13.2. The van der Waals surface area contributed by atoms with E-state index in [0.29, 0.717) is 30.5 Å². The van der Waals surface area contributed by atoms with Crippen LogP contribution in [0.25, 0.3) is 10.9 Å². The first-order valence-electron chi connectivity index (χ1n) is 11.6. The van der Waals surface area contributed by atoms with E-state index >= 15 is 0 Å². The summed E-state index contributed by atoms with van der Waals surface area (Å²) in [5.41, 5.74) is 3.83. The topological polar surface area (TPSA) is 83.8 Å². The Balaban J connectivity index is 1.49. The summed E-state index contributed by atoms with van der Waals surface area (Å²) < 4.78 is 66.8. The van der Waals surface area contributed by atoms with E-state index in [1.807, 2.05) is 28.8 Å². The van der Waals surface area contributed by atoms with Crippen molar-refractivity contribution in [2.24, 2.45) is 11.0 Å². The molecule has 192 valence electrons. The summed E-state index contributed by atoms with van der Waals surface area (Å²) in [5, 5.41) is 4.92. The van der Waals surface area contributed by atoms with E-state index in [1.54, 1.807) is 19.2 Å². The highest BCUT2D eigenvalue weighted by atomic mass is 32.2. The molecule has 0 radical (unpaired) electrons. The fraction of sp³-hybridized carbons (Fsp3) is 0.360. The minimum atomic E-state index is -4.42. The molecule has 1 aliphatic rings. The molecule has 1 atom stereocenters. The molecule has 3 aromatic rings. The number of rotatable bonds is 7. The molecule has 1 N–H and O–H groups in total. The SMILES string of the molecule is CCS(=O)(=O)N1CCC[C@H](C(=O)N/N=C\c2cn(Cc3cccc(C(F)(F)F)c3)c3ccccc23)C1. The number of hydrazone groups is 1. The largest absolute Gasteiger partial charge is 0.416 e. The van der Waals surface area contributed by atoms with Crippen LogP contribution in [-0.4, -0.2) is 48.3 Å². The second-order valence-electron chi connectivity index (χ2n) is 8.76. The Morgan fingerprint density at radius 1 is 1.19 bits per heavy atom. The number of carbonyl (C=O) groups is 1. The molecule has 0 saturated carbocycles. The first-order chi connectivity index (χ1) is 17.1. The van der Waals surface area contributed by atoms with Gasteiger partial charge in [0, 0.05) is 42.3 Å². The average molecular weight is 521 g/mol. The third-order valence-electron chi connectivity index (χ3n) is 6.32. The molecule has 2 aromatic carbocycles. The average Bonchev–Trinajstić information content (AvgIpc) is 3.21. The van der Waals surface area contributed by atoms with E-state index in [-0.39, 0.29) is 24.7 Å². The molecule has 1 aromatic heterocycles. The van der Waals surface area contributed by atoms with Crippen LogP contribution in [0.5, 0.6) is 0 Å². The number of para-hydroxylation sites is 1. The predicted molar refractivity (Wildman–Crippen MR) is 132 cm³/mol. The summed E-state index contributed by atoms with van der Waals surface area (Å²) in [6.07, 6.45) is 0.0291. The highest BCUT2D eigenvalue weighted by Crippen LogP contribution is 2.30. The molecule has 1 aliphatic heterocycles. The number of nitrogens with zero attached hydrogens (tertiary/aromatic N) is 3. The van der Waals surface area contributed by atoms with Crippen molar-refractivity contribution in [2.45, 2.75) is 32.5 Å². The van der Waals surface area contributed by atoms with Crippen molar-refractivity contribution >= 4 is 33.0 Å². The van der Waals surface area contributed by atoms with Gasteiger partial charge in [-0.1, -0.05) is 30.3 Å². The van der Waals surface area contributed by atoms with Crippen LogP contribution >= 0.6 is 0 Å². The van der Waals surface area contributed by atoms with Crippen molar-refractivity contribution in [3.63, 3.8) is 0 Å². The zero-order chi connectivity index (χ0) is 25.9. The summed E-state index contributed by atoms with van der Waals surface area (Å²) >= 11 is 0. The number of nitrogens with one attached hydrogen (secondary N) is 1. The van der Waals surface area contributed by atoms with Crippen LogP contribution in [-0.2, 0) is 27.5 Å². The van der Waals surface area contributed by atoms with Crippen LogP contribution in [0.3, 0.4) is 0 Å². The summed E-state index contributed by atoms with van der Waals surface area (Å²) in [7, 11) is -3.36. The van der Waals surface area contributed by atoms with Crippen molar-refractivity contribution in [1.82, 2.24) is 14.3 Å². The van der Waals surface area contributed by atoms with E-state index < -0.39 is 27.7 Å². The van der Waals surface area contributed by atoms with Crippen molar-refractivity contribution in [1.29, 1.82) is 0 Å². The lowest BCUT2D eigenvalue weighted by Crippen LogP contribution is -2.45. The van der Waals surface area contributed by atoms with Gasteiger partial charge >= 0.3 is 6.18 Å². The number of benzene rings is 2. The van der Waals surface area contributed by atoms with E-state index in [1.165, 1.54) is 16.6 Å². The summed E-state index contributed by atoms with van der Waals surface area (Å²) in [6, 6.07) is 12.6. The fourth-order valence-electron chi connectivity index (χ4n) is 4.40. The van der Waals surface area contributed by atoms with E-state index in [0.717, 1.165) is 23.0 Å². The number of amides is 1. The Morgan fingerprint density at radius 3 is 2.72 bits per heavy atom. The highest BCUT2D eigenvalue weighted by Gasteiger charge is 2.32. The number of alkyl halides is 3. The van der Waals surface area contributed by atoms with Gasteiger partial charge in [-0.05, 0) is 43.5 Å². The molecule has 2 heterocycles. The smallest absolute Gasteiger partial charge is 0.342 e. The molecule has 1 fully saturated rings. The number of halogens is 3. The van der Waals surface area contributed by atoms with Crippen LogP contribution in [0.1, 0.15) is 36.5 Å². The van der Waals surface area contributed by atoms with Gasteiger partial charge in [0.25, 0.3) is 0 Å². The number of hydrogen-bond acceptors (Lipinski definition) is 4. The molecular formula is C25H27F3N4O3S. The van der Waals surface area contributed by atoms with Gasteiger partial charge in [-0.3, -0.25) is 4.79 Å². The van der Waals surface area contributed by atoms with Gasteiger partial charge in [-0.15, -0.1) is 0 Å². The Labute approximate surface area is 207 Å². The van der Waals surface area contributed by atoms with Crippen molar-refractivity contribution in [2.75, 3.05) is 18.8 Å². The van der Waals surface area contributed by atoms with Gasteiger partial charge in [-0.2, -0.15) is 18.3 Å². The van der Waals surface area contributed by atoms with Gasteiger partial charge < -0.3 is 4.57 Å². The van der Waals surface area contributed by atoms with Crippen LogP contribution in [0.4, 0.5) is 13.2 Å². The van der Waals surface area contributed by atoms with E-state index in [9.17, 15) is 26.4 Å². The molecule has 36 heavy (non-hydrogen) atoms. The van der Waals surface area contributed by atoms with Crippen LogP contribution in [0.2, 0.25) is 0 Å². The highest BCUT2D eigenvalue weighted by molar-refractivity contribution is 7.89. The molecular weight excluding hydrogens is 493 g/mol. The van der Waals surface area contributed by atoms with Crippen LogP contribution in [0.15, 0.2) is 59.8 Å². The Kier molecular flexibility index (Phi) is 7.51. The summed E-state index contributed by atoms with van der Waals surface area (Å²) in [6.45, 7) is 2.35. The fourth-order valence-corrected chi connectivity index (χ4v) is 5.58. The molecule has 0 unspecified atom stereocenters. The third kappa shape index (κ3) is 5.79. The lowest BCUT2D eigenvalue weighted by molar-refractivity contribution is -0.137. The lowest BCUT2D eigenvalue weighted by Gasteiger charge is -2.30. The monoisotopic (exact) mass is 520 g/mol. The van der Waals surface area contributed by atoms with E-state index in [2.05, 4.69) is 10.5 Å². The summed E-state index contributed by atoms with van der Waals surface area (Å²) in [5.74, 6) is -0.848. The Bertz CT molecular complexity index is 1380. The molecule has 0 aliphatic carbocycles. The number of hydrogen-bond donors (Lipinski definition) is 1. The maximum Gasteiger partial charge on any atom is 0.416 e. The molecule has 0 bridgehead atoms. The quantitative estimate of drug-likeness (QED) is 0.374. The Hall–Kier alpha value is -3.18. The van der Waals surface area contributed by atoms with Gasteiger partial charge in [0.05, 0.1) is 23.4 Å². The number of aromatic nitrogens is 1. The predicted octanol–water partition coefficient (Wildman–Crippen LogP) is 4.22. The van der Waals surface area contributed by atoms with Crippen molar-refractivity contribution in [3.8, 4) is 0 Å². The molecule has 1 amide bonds. The molecule has 4 rings (SSSR count). The summed E-state index contributed by atoms with van der Waals surface area (Å²) in [4.78, 5) is 12.6. The second kappa shape index (κ2) is 10.4. The standard InChI is InChI=1S/C25H27F3N4O3S/c1-2-36(34,35)32-12-6-8-19(17-32)24(33)30-29-14-20-16-31(23-11-4-3-10-22(20)23)15-18-7-5-9-21(13-18)25(26,27)28/h3-5,7,9-11,13-14,16,19H,2,6,8,12,15,17H2,1H3,(H,30,33)/b29-14-/t19-/m0/s1. The van der Waals surface area contributed by atoms with E-state index in [4.69, 9.17) is 0 Å². The normalized spacial score (nSPS) is 17.6. The maximum absolute atomic E-state index is 13.1. The number of sulfonamides is 1. The molecule has 7 nitrogen and oxygen atoms in total. The minimum absolute atomic E-state index is 0.00987. The van der Waals surface area contributed by atoms with Crippen molar-refractivity contribution in [3.05, 3.63) is 71.4 Å². The second-order valence-corrected chi connectivity index (χ2v) is 11.0.